The third kappa shape index (κ3) is 7.18. The number of carbonyl (C=O) groups is 3. The molecule has 0 bridgehead atoms. The monoisotopic (exact) mass is 729 g/mol. The Labute approximate surface area is 300 Å². The van der Waals surface area contributed by atoms with E-state index in [1.807, 2.05) is 50.2 Å². The number of sulfonamides is 1. The first kappa shape index (κ1) is 34.6. The summed E-state index contributed by atoms with van der Waals surface area (Å²) in [4.78, 5) is 54.2. The molecule has 266 valence electrons. The largest absolute Gasteiger partial charge is 0.445 e. The highest BCUT2D eigenvalue weighted by molar-refractivity contribution is 7.89. The van der Waals surface area contributed by atoms with Crippen molar-refractivity contribution in [2.24, 2.45) is 5.92 Å². The molecule has 1 saturated heterocycles. The fourth-order valence-corrected chi connectivity index (χ4v) is 8.83. The van der Waals surface area contributed by atoms with Crippen molar-refractivity contribution < 1.29 is 27.5 Å². The van der Waals surface area contributed by atoms with Crippen LogP contribution in [0.5, 0.6) is 0 Å². The van der Waals surface area contributed by atoms with Crippen LogP contribution in [-0.4, -0.2) is 78.3 Å². The second-order valence-electron chi connectivity index (χ2n) is 13.0. The van der Waals surface area contributed by atoms with Crippen LogP contribution in [0, 0.1) is 12.8 Å². The van der Waals surface area contributed by atoms with E-state index in [4.69, 9.17) is 9.72 Å². The summed E-state index contributed by atoms with van der Waals surface area (Å²) >= 11 is 1.34. The molecule has 0 spiro atoms. The van der Waals surface area contributed by atoms with Gasteiger partial charge >= 0.3 is 6.09 Å². The van der Waals surface area contributed by atoms with Gasteiger partial charge in [0.15, 0.2) is 5.13 Å². The minimum absolute atomic E-state index is 0.0155. The van der Waals surface area contributed by atoms with Crippen LogP contribution in [0.3, 0.4) is 0 Å². The Balaban J connectivity index is 1.07. The fourth-order valence-electron chi connectivity index (χ4n) is 6.56. The normalized spacial score (nSPS) is 16.7. The molecule has 3 amide bonds. The fraction of sp³-hybridized carbons (Fsp3) is 0.361. The number of benzene rings is 2. The van der Waals surface area contributed by atoms with Crippen molar-refractivity contribution in [3.63, 3.8) is 0 Å². The van der Waals surface area contributed by atoms with E-state index < -0.39 is 16.1 Å². The summed E-state index contributed by atoms with van der Waals surface area (Å²) in [5, 5.41) is 3.76. The number of piperazine rings is 1. The standard InChI is InChI=1S/C36H39N7O6S2/c1-4-37-51(47,48)28-18-26(17-27-19-43(34(45)32(27)28)23(3)25-13-14-25)33-22(2)38-35(50-33)40-29-11-8-12-30(39-29)42-16-15-41(20-31(42)44)36(46)49-21-24-9-6-5-7-10-24/h5-12,17-18,23,25,37H,4,13-16,19-21H2,1-3H3,(H,38,39,40). The van der Waals surface area contributed by atoms with E-state index in [9.17, 15) is 22.8 Å². The molecule has 4 heterocycles. The van der Waals surface area contributed by atoms with Gasteiger partial charge in [-0.3, -0.25) is 19.4 Å². The molecule has 51 heavy (non-hydrogen) atoms. The Morgan fingerprint density at radius 1 is 1.04 bits per heavy atom. The molecule has 2 fully saturated rings. The average Bonchev–Trinajstić information content (AvgIpc) is 3.83. The summed E-state index contributed by atoms with van der Waals surface area (Å²) in [5.74, 6) is 0.813. The maximum atomic E-state index is 13.6. The second kappa shape index (κ2) is 14.0. The molecular formula is C36H39N7O6S2. The number of nitrogens with zero attached hydrogens (tertiary/aromatic N) is 5. The Hall–Kier alpha value is -4.86. The zero-order chi connectivity index (χ0) is 35.9. The van der Waals surface area contributed by atoms with Gasteiger partial charge in [-0.25, -0.2) is 27.9 Å². The van der Waals surface area contributed by atoms with Crippen molar-refractivity contribution in [3.8, 4) is 10.4 Å². The van der Waals surface area contributed by atoms with E-state index in [0.29, 0.717) is 52.6 Å². The van der Waals surface area contributed by atoms with Crippen molar-refractivity contribution in [2.45, 2.75) is 57.7 Å². The van der Waals surface area contributed by atoms with Crippen LogP contribution in [0.4, 0.5) is 21.6 Å². The first-order chi connectivity index (χ1) is 24.5. The number of carbonyl (C=O) groups excluding carboxylic acids is 3. The van der Waals surface area contributed by atoms with Gasteiger partial charge in [0.25, 0.3) is 5.91 Å². The number of fused-ring (bicyclic) bond motifs is 1. The maximum absolute atomic E-state index is 13.6. The van der Waals surface area contributed by atoms with E-state index in [-0.39, 0.29) is 54.6 Å². The van der Waals surface area contributed by atoms with Gasteiger partial charge in [-0.05, 0) is 73.6 Å². The van der Waals surface area contributed by atoms with Crippen LogP contribution in [0.2, 0.25) is 0 Å². The Kier molecular flexibility index (Phi) is 9.52. The first-order valence-corrected chi connectivity index (χ1v) is 19.3. The number of pyridine rings is 1. The summed E-state index contributed by atoms with van der Waals surface area (Å²) < 4.78 is 34.8. The van der Waals surface area contributed by atoms with Crippen molar-refractivity contribution >= 4 is 56.0 Å². The molecule has 13 nitrogen and oxygen atoms in total. The Morgan fingerprint density at radius 3 is 2.55 bits per heavy atom. The van der Waals surface area contributed by atoms with Crippen molar-refractivity contribution in [3.05, 3.63) is 83.0 Å². The van der Waals surface area contributed by atoms with Crippen LogP contribution < -0.4 is 14.9 Å². The van der Waals surface area contributed by atoms with Gasteiger partial charge in [-0.1, -0.05) is 54.7 Å². The van der Waals surface area contributed by atoms with Crippen LogP contribution in [0.25, 0.3) is 10.4 Å². The third-order valence-corrected chi connectivity index (χ3v) is 12.1. The number of rotatable bonds is 11. The zero-order valence-electron chi connectivity index (χ0n) is 28.6. The van der Waals surface area contributed by atoms with Crippen LogP contribution in [0.1, 0.15) is 53.9 Å². The van der Waals surface area contributed by atoms with E-state index in [0.717, 1.165) is 23.3 Å². The Morgan fingerprint density at radius 2 is 1.82 bits per heavy atom. The minimum atomic E-state index is -3.95. The van der Waals surface area contributed by atoms with Gasteiger partial charge in [-0.15, -0.1) is 0 Å². The number of thiazole rings is 1. The number of hydrogen-bond acceptors (Lipinski definition) is 10. The molecule has 2 aromatic heterocycles. The highest BCUT2D eigenvalue weighted by Gasteiger charge is 2.41. The summed E-state index contributed by atoms with van der Waals surface area (Å²) in [6.45, 7) is 6.69. The summed E-state index contributed by atoms with van der Waals surface area (Å²) in [7, 11) is -3.95. The topological polar surface area (TPSA) is 154 Å². The first-order valence-electron chi connectivity index (χ1n) is 17.0. The molecule has 2 aromatic carbocycles. The van der Waals surface area contributed by atoms with E-state index in [2.05, 4.69) is 15.0 Å². The van der Waals surface area contributed by atoms with E-state index in [1.165, 1.54) is 21.1 Å². The molecule has 15 heteroatoms. The van der Waals surface area contributed by atoms with Crippen molar-refractivity contribution in [1.82, 2.24) is 24.5 Å². The predicted molar refractivity (Wildman–Crippen MR) is 193 cm³/mol. The smallest absolute Gasteiger partial charge is 0.410 e. The quantitative estimate of drug-likeness (QED) is 0.210. The number of aromatic nitrogens is 2. The third-order valence-electron chi connectivity index (χ3n) is 9.41. The van der Waals surface area contributed by atoms with Crippen molar-refractivity contribution in [1.29, 1.82) is 0 Å². The van der Waals surface area contributed by atoms with Gasteiger partial charge in [0.2, 0.25) is 15.9 Å². The molecule has 1 unspecified atom stereocenters. The second-order valence-corrected chi connectivity index (χ2v) is 15.7. The number of anilines is 3. The van der Waals surface area contributed by atoms with Gasteiger partial charge in [0.05, 0.1) is 21.0 Å². The van der Waals surface area contributed by atoms with Crippen LogP contribution >= 0.6 is 11.3 Å². The van der Waals surface area contributed by atoms with Gasteiger partial charge < -0.3 is 15.0 Å². The average molecular weight is 730 g/mol. The molecule has 1 atom stereocenters. The summed E-state index contributed by atoms with van der Waals surface area (Å²) in [6.07, 6.45) is 1.60. The number of amides is 3. The molecule has 2 N–H and O–H groups in total. The zero-order valence-corrected chi connectivity index (χ0v) is 30.2. The predicted octanol–water partition coefficient (Wildman–Crippen LogP) is 5.30. The van der Waals surface area contributed by atoms with Gasteiger partial charge in [0.1, 0.15) is 24.8 Å². The number of aryl methyl sites for hydroxylation is 1. The molecule has 1 aliphatic carbocycles. The lowest BCUT2D eigenvalue weighted by atomic mass is 10.0. The highest BCUT2D eigenvalue weighted by Crippen LogP contribution is 2.42. The highest BCUT2D eigenvalue weighted by atomic mass is 32.2. The molecular weight excluding hydrogens is 691 g/mol. The maximum Gasteiger partial charge on any atom is 0.410 e. The lowest BCUT2D eigenvalue weighted by Gasteiger charge is -2.33. The van der Waals surface area contributed by atoms with Crippen LogP contribution in [0.15, 0.2) is 65.6 Å². The lowest BCUT2D eigenvalue weighted by Crippen LogP contribution is -2.52. The SMILES string of the molecule is CCNS(=O)(=O)c1cc(-c2sc(Nc3cccc(N4CCN(C(=O)OCc5ccccc5)CC4=O)n3)nc2C)cc2c1C(=O)N(C(C)C1CC1)C2. The molecule has 2 aliphatic heterocycles. The summed E-state index contributed by atoms with van der Waals surface area (Å²) in [5.41, 5.74) is 3.14. The van der Waals surface area contributed by atoms with Crippen LogP contribution in [-0.2, 0) is 32.7 Å². The number of hydrogen-bond donors (Lipinski definition) is 2. The van der Waals surface area contributed by atoms with Gasteiger partial charge in [-0.2, -0.15) is 0 Å². The van der Waals surface area contributed by atoms with E-state index >= 15 is 0 Å². The van der Waals surface area contributed by atoms with E-state index in [1.54, 1.807) is 36.1 Å². The molecule has 7 rings (SSSR count). The Bertz CT molecular complexity index is 2100. The minimum Gasteiger partial charge on any atom is -0.445 e. The summed E-state index contributed by atoms with van der Waals surface area (Å²) in [6, 6.07) is 18.2. The number of nitrogens with one attached hydrogen (secondary N) is 2. The van der Waals surface area contributed by atoms with Gasteiger partial charge in [0, 0.05) is 32.2 Å². The number of ether oxygens (including phenoxy) is 1. The molecule has 4 aromatic rings. The molecule has 1 saturated carbocycles. The lowest BCUT2D eigenvalue weighted by molar-refractivity contribution is -0.121. The van der Waals surface area contributed by atoms with Crippen molar-refractivity contribution in [2.75, 3.05) is 36.4 Å². The molecule has 3 aliphatic rings. The molecule has 0 radical (unpaired) electrons.